The molecule has 6 nitrogen and oxygen atoms in total. The lowest BCUT2D eigenvalue weighted by atomic mass is 9.94. The summed E-state index contributed by atoms with van der Waals surface area (Å²) in [6.07, 6.45) is 0. The maximum atomic E-state index is 13.9. The summed E-state index contributed by atoms with van der Waals surface area (Å²) < 4.78 is 19.5. The summed E-state index contributed by atoms with van der Waals surface area (Å²) in [5.74, 6) is -1.79. The molecule has 7 heteroatoms. The van der Waals surface area contributed by atoms with Crippen molar-refractivity contribution < 1.29 is 23.8 Å². The van der Waals surface area contributed by atoms with Crippen LogP contribution in [0.15, 0.2) is 72.3 Å². The van der Waals surface area contributed by atoms with Crippen molar-refractivity contribution in [2.24, 2.45) is 0 Å². The van der Waals surface area contributed by atoms with Gasteiger partial charge in [-0.25, -0.2) is 4.39 Å². The van der Waals surface area contributed by atoms with Gasteiger partial charge in [0.25, 0.3) is 11.7 Å². The van der Waals surface area contributed by atoms with Gasteiger partial charge in [-0.3, -0.25) is 14.5 Å². The van der Waals surface area contributed by atoms with Crippen LogP contribution in [0, 0.1) is 12.7 Å². The minimum Gasteiger partial charge on any atom is -0.507 e. The number of carbonyl (C=O) groups is 2. The van der Waals surface area contributed by atoms with Crippen molar-refractivity contribution in [2.75, 3.05) is 30.5 Å². The van der Waals surface area contributed by atoms with E-state index < -0.39 is 23.5 Å². The van der Waals surface area contributed by atoms with Crippen molar-refractivity contribution in [1.82, 2.24) is 0 Å². The Hall–Kier alpha value is -4.13. The van der Waals surface area contributed by atoms with E-state index in [-0.39, 0.29) is 16.9 Å². The van der Waals surface area contributed by atoms with Crippen LogP contribution >= 0.6 is 0 Å². The molecule has 1 amide bonds. The van der Waals surface area contributed by atoms with Gasteiger partial charge in [0, 0.05) is 37.1 Å². The number of carbonyl (C=O) groups excluding carboxylic acids is 2. The number of benzene rings is 3. The molecule has 0 radical (unpaired) electrons. The van der Waals surface area contributed by atoms with Gasteiger partial charge in [-0.2, -0.15) is 0 Å². The van der Waals surface area contributed by atoms with Gasteiger partial charge < -0.3 is 14.7 Å². The second-order valence-electron chi connectivity index (χ2n) is 8.55. The zero-order valence-electron chi connectivity index (χ0n) is 20.1. The third-order valence-electron chi connectivity index (χ3n) is 6.01. The van der Waals surface area contributed by atoms with Crippen LogP contribution in [0.2, 0.25) is 0 Å². The van der Waals surface area contributed by atoms with Gasteiger partial charge in [-0.1, -0.05) is 18.2 Å². The van der Waals surface area contributed by atoms with Crippen molar-refractivity contribution in [3.8, 4) is 5.75 Å². The third kappa shape index (κ3) is 4.49. The second kappa shape index (κ2) is 9.62. The predicted molar refractivity (Wildman–Crippen MR) is 134 cm³/mol. The van der Waals surface area contributed by atoms with E-state index in [1.54, 1.807) is 31.2 Å². The van der Waals surface area contributed by atoms with Crippen molar-refractivity contribution in [2.45, 2.75) is 19.9 Å². The van der Waals surface area contributed by atoms with Crippen LogP contribution in [0.1, 0.15) is 29.7 Å². The Balaban J connectivity index is 1.92. The monoisotopic (exact) mass is 474 g/mol. The molecule has 1 unspecified atom stereocenters. The van der Waals surface area contributed by atoms with E-state index in [4.69, 9.17) is 4.74 Å². The number of amides is 1. The smallest absolute Gasteiger partial charge is 0.300 e. The average molecular weight is 475 g/mol. The zero-order valence-corrected chi connectivity index (χ0v) is 20.1. The highest BCUT2D eigenvalue weighted by atomic mass is 19.1. The number of rotatable bonds is 6. The van der Waals surface area contributed by atoms with Crippen molar-refractivity contribution in [3.63, 3.8) is 0 Å². The maximum Gasteiger partial charge on any atom is 0.300 e. The molecule has 0 saturated carbocycles. The van der Waals surface area contributed by atoms with Crippen LogP contribution in [-0.2, 0) is 9.59 Å². The number of aryl methyl sites for hydroxylation is 1. The molecule has 1 aliphatic heterocycles. The molecule has 1 aliphatic rings. The van der Waals surface area contributed by atoms with Crippen LogP contribution in [0.4, 0.5) is 15.8 Å². The molecule has 1 fully saturated rings. The van der Waals surface area contributed by atoms with Gasteiger partial charge in [0.15, 0.2) is 0 Å². The lowest BCUT2D eigenvalue weighted by Crippen LogP contribution is -2.29. The number of ketones is 1. The largest absolute Gasteiger partial charge is 0.507 e. The lowest BCUT2D eigenvalue weighted by Gasteiger charge is -2.26. The number of aliphatic hydroxyl groups excluding tert-OH is 1. The Morgan fingerprint density at radius 2 is 1.77 bits per heavy atom. The average Bonchev–Trinajstić information content (AvgIpc) is 3.11. The van der Waals surface area contributed by atoms with E-state index in [9.17, 15) is 19.1 Å². The first kappa shape index (κ1) is 24.0. The number of halogens is 1. The lowest BCUT2D eigenvalue weighted by molar-refractivity contribution is -0.132. The molecule has 1 atom stereocenters. The van der Waals surface area contributed by atoms with Crippen LogP contribution in [0.3, 0.4) is 0 Å². The Labute approximate surface area is 203 Å². The van der Waals surface area contributed by atoms with Crippen LogP contribution in [-0.4, -0.2) is 37.5 Å². The Morgan fingerprint density at radius 3 is 2.40 bits per heavy atom. The maximum absolute atomic E-state index is 13.9. The second-order valence-corrected chi connectivity index (χ2v) is 8.55. The van der Waals surface area contributed by atoms with E-state index in [1.807, 2.05) is 50.2 Å². The number of hydrogen-bond donors (Lipinski definition) is 1. The minimum atomic E-state index is -0.881. The summed E-state index contributed by atoms with van der Waals surface area (Å²) in [6, 6.07) is 17.6. The zero-order chi connectivity index (χ0) is 25.3. The fourth-order valence-corrected chi connectivity index (χ4v) is 4.21. The molecule has 0 aliphatic carbocycles. The van der Waals surface area contributed by atoms with Crippen molar-refractivity contribution >= 4 is 28.8 Å². The summed E-state index contributed by atoms with van der Waals surface area (Å²) >= 11 is 0. The number of anilines is 2. The molecule has 3 aromatic carbocycles. The van der Waals surface area contributed by atoms with Crippen molar-refractivity contribution in [1.29, 1.82) is 0 Å². The molecule has 1 N–H and O–H groups in total. The van der Waals surface area contributed by atoms with Crippen LogP contribution in [0.5, 0.6) is 5.75 Å². The van der Waals surface area contributed by atoms with E-state index in [1.165, 1.54) is 23.1 Å². The third-order valence-corrected chi connectivity index (χ3v) is 6.01. The summed E-state index contributed by atoms with van der Waals surface area (Å²) in [5, 5.41) is 11.2. The van der Waals surface area contributed by atoms with E-state index >= 15 is 0 Å². The molecule has 35 heavy (non-hydrogen) atoms. The quantitative estimate of drug-likeness (QED) is 0.301. The molecule has 0 spiro atoms. The number of Topliss-reactive ketones (excluding diaryl/α,β-unsaturated/α-hetero) is 1. The highest BCUT2D eigenvalue weighted by Gasteiger charge is 2.47. The van der Waals surface area contributed by atoms with E-state index in [0.29, 0.717) is 29.2 Å². The Kier molecular flexibility index (Phi) is 6.60. The normalized spacial score (nSPS) is 17.1. The summed E-state index contributed by atoms with van der Waals surface area (Å²) in [5.41, 5.74) is 2.59. The molecule has 3 aromatic rings. The van der Waals surface area contributed by atoms with Gasteiger partial charge in [-0.15, -0.1) is 0 Å². The first-order chi connectivity index (χ1) is 16.7. The molecule has 1 heterocycles. The number of hydrogen-bond acceptors (Lipinski definition) is 5. The minimum absolute atomic E-state index is 0.0552. The van der Waals surface area contributed by atoms with Crippen LogP contribution in [0.25, 0.3) is 5.76 Å². The molecule has 180 valence electrons. The summed E-state index contributed by atoms with van der Waals surface area (Å²) in [6.45, 7) is 3.87. The first-order valence-corrected chi connectivity index (χ1v) is 11.3. The number of aliphatic hydroxyl groups is 1. The fraction of sp³-hybridized carbons (Fsp3) is 0.214. The molecule has 0 bridgehead atoms. The summed E-state index contributed by atoms with van der Waals surface area (Å²) in [7, 11) is 3.83. The van der Waals surface area contributed by atoms with E-state index in [0.717, 1.165) is 5.69 Å². The van der Waals surface area contributed by atoms with E-state index in [2.05, 4.69) is 0 Å². The predicted octanol–water partition coefficient (Wildman–Crippen LogP) is 5.23. The van der Waals surface area contributed by atoms with Gasteiger partial charge >= 0.3 is 0 Å². The highest BCUT2D eigenvalue weighted by molar-refractivity contribution is 6.51. The van der Waals surface area contributed by atoms with Crippen molar-refractivity contribution in [3.05, 3.63) is 94.8 Å². The standard InChI is InChI=1S/C28H27FN2O4/c1-5-35-22-8-6-7-21(16-22)31-25(18-9-12-20(13-10-18)30(3)4)24(27(33)28(31)34)26(32)19-11-14-23(29)17(2)15-19/h6-16,25,32H,5H2,1-4H3/b26-24+. The molecule has 1 saturated heterocycles. The molecule has 0 aromatic heterocycles. The fourth-order valence-electron chi connectivity index (χ4n) is 4.21. The first-order valence-electron chi connectivity index (χ1n) is 11.3. The van der Waals surface area contributed by atoms with Gasteiger partial charge in [-0.05, 0) is 67.4 Å². The molecular formula is C28H27FN2O4. The Morgan fingerprint density at radius 1 is 1.06 bits per heavy atom. The Bertz CT molecular complexity index is 1310. The topological polar surface area (TPSA) is 70.1 Å². The van der Waals surface area contributed by atoms with Crippen LogP contribution < -0.4 is 14.5 Å². The van der Waals surface area contributed by atoms with Gasteiger partial charge in [0.05, 0.1) is 18.2 Å². The molecular weight excluding hydrogens is 447 g/mol. The van der Waals surface area contributed by atoms with Gasteiger partial charge in [0.2, 0.25) is 0 Å². The number of ether oxygens (including phenoxy) is 1. The number of nitrogens with zero attached hydrogens (tertiary/aromatic N) is 2. The SMILES string of the molecule is CCOc1cccc(N2C(=O)C(=O)/C(=C(/O)c3ccc(F)c(C)c3)C2c2ccc(N(C)C)cc2)c1. The van der Waals surface area contributed by atoms with Gasteiger partial charge in [0.1, 0.15) is 17.3 Å². The molecule has 4 rings (SSSR count). The highest BCUT2D eigenvalue weighted by Crippen LogP contribution is 2.43. The summed E-state index contributed by atoms with van der Waals surface area (Å²) in [4.78, 5) is 29.9.